The Morgan fingerprint density at radius 1 is 1.11 bits per heavy atom. The number of pyridine rings is 2. The fourth-order valence-electron chi connectivity index (χ4n) is 4.54. The van der Waals surface area contributed by atoms with Crippen molar-refractivity contribution in [2.45, 2.75) is 27.3 Å². The third-order valence-electron chi connectivity index (χ3n) is 6.46. The fraction of sp³-hybridized carbons (Fsp3) is 0.172. The molecule has 192 valence electrons. The van der Waals surface area contributed by atoms with Crippen molar-refractivity contribution < 1.29 is 19.2 Å². The van der Waals surface area contributed by atoms with Gasteiger partial charge < -0.3 is 24.3 Å². The van der Waals surface area contributed by atoms with Gasteiger partial charge in [-0.2, -0.15) is 0 Å². The van der Waals surface area contributed by atoms with Crippen LogP contribution in [0.2, 0.25) is 0 Å². The van der Waals surface area contributed by atoms with Crippen molar-refractivity contribution in [2.75, 3.05) is 12.4 Å². The van der Waals surface area contributed by atoms with Crippen LogP contribution in [0.25, 0.3) is 22.0 Å². The predicted octanol–water partition coefficient (Wildman–Crippen LogP) is 4.99. The van der Waals surface area contributed by atoms with E-state index in [2.05, 4.69) is 15.5 Å². The SMILES string of the molecule is COc1cc2c(cc1-c1c(C)noc1C)cc(C(=O)Nc1ccc(O)c(C)c1)c(=O)n2Cc1ccccn1. The number of phenolic OH excluding ortho intramolecular Hbond substituents is 1. The molecule has 0 aliphatic carbocycles. The van der Waals surface area contributed by atoms with Crippen LogP contribution in [0, 0.1) is 20.8 Å². The highest BCUT2D eigenvalue weighted by molar-refractivity contribution is 6.06. The Bertz CT molecular complexity index is 1720. The van der Waals surface area contributed by atoms with Gasteiger partial charge in [-0.1, -0.05) is 11.2 Å². The molecule has 0 atom stereocenters. The molecule has 38 heavy (non-hydrogen) atoms. The van der Waals surface area contributed by atoms with E-state index in [4.69, 9.17) is 9.26 Å². The summed E-state index contributed by atoms with van der Waals surface area (Å²) in [6.45, 7) is 5.55. The number of rotatable bonds is 6. The molecular weight excluding hydrogens is 484 g/mol. The van der Waals surface area contributed by atoms with Crippen LogP contribution >= 0.6 is 0 Å². The highest BCUT2D eigenvalue weighted by Gasteiger charge is 2.21. The zero-order valence-electron chi connectivity index (χ0n) is 21.4. The number of carbonyl (C=O) groups is 1. The van der Waals surface area contributed by atoms with E-state index >= 15 is 0 Å². The molecule has 0 radical (unpaired) electrons. The number of ether oxygens (including phenoxy) is 1. The van der Waals surface area contributed by atoms with Gasteiger partial charge in [-0.3, -0.25) is 14.6 Å². The molecule has 5 rings (SSSR count). The molecule has 0 bridgehead atoms. The summed E-state index contributed by atoms with van der Waals surface area (Å²) in [5, 5.41) is 17.3. The molecular formula is C29H26N4O5. The minimum atomic E-state index is -0.563. The van der Waals surface area contributed by atoms with Crippen LogP contribution < -0.4 is 15.6 Å². The van der Waals surface area contributed by atoms with Crippen molar-refractivity contribution >= 4 is 22.5 Å². The van der Waals surface area contributed by atoms with Gasteiger partial charge in [0.05, 0.1) is 36.1 Å². The van der Waals surface area contributed by atoms with Gasteiger partial charge in [0.15, 0.2) is 0 Å². The Labute approximate surface area is 218 Å². The lowest BCUT2D eigenvalue weighted by Crippen LogP contribution is -2.30. The first-order valence-corrected chi connectivity index (χ1v) is 12.0. The van der Waals surface area contributed by atoms with Crippen molar-refractivity contribution in [3.8, 4) is 22.6 Å². The summed E-state index contributed by atoms with van der Waals surface area (Å²) >= 11 is 0. The van der Waals surface area contributed by atoms with E-state index < -0.39 is 11.5 Å². The molecule has 9 nitrogen and oxygen atoms in total. The van der Waals surface area contributed by atoms with Crippen molar-refractivity contribution in [2.24, 2.45) is 0 Å². The van der Waals surface area contributed by atoms with Gasteiger partial charge in [0.2, 0.25) is 0 Å². The standard InChI is InChI=1S/C29H26N4O5/c1-16-11-20(8-9-25(16)34)31-28(35)23-13-19-12-22(27-17(2)32-38-18(27)3)26(37-4)14-24(19)33(29(23)36)15-21-7-5-6-10-30-21/h5-14,34H,15H2,1-4H3,(H,31,35). The number of amides is 1. The number of hydrogen-bond donors (Lipinski definition) is 2. The zero-order chi connectivity index (χ0) is 27.0. The number of aryl methyl sites for hydroxylation is 3. The lowest BCUT2D eigenvalue weighted by atomic mass is 9.99. The first-order valence-electron chi connectivity index (χ1n) is 12.0. The summed E-state index contributed by atoms with van der Waals surface area (Å²) in [6.07, 6.45) is 1.66. The summed E-state index contributed by atoms with van der Waals surface area (Å²) in [5.74, 6) is 0.721. The maximum absolute atomic E-state index is 13.7. The number of fused-ring (bicyclic) bond motifs is 1. The van der Waals surface area contributed by atoms with Crippen LogP contribution in [0.5, 0.6) is 11.5 Å². The second-order valence-electron chi connectivity index (χ2n) is 9.04. The Hall–Kier alpha value is -4.92. The fourth-order valence-corrected chi connectivity index (χ4v) is 4.54. The third kappa shape index (κ3) is 4.50. The van der Waals surface area contributed by atoms with Gasteiger partial charge in [-0.15, -0.1) is 0 Å². The van der Waals surface area contributed by atoms with E-state index in [1.54, 1.807) is 50.6 Å². The molecule has 2 aromatic carbocycles. The van der Waals surface area contributed by atoms with Crippen molar-refractivity contribution in [1.82, 2.24) is 14.7 Å². The summed E-state index contributed by atoms with van der Waals surface area (Å²) in [6, 6.07) is 15.4. The molecule has 0 fully saturated rings. The molecule has 1 amide bonds. The number of nitrogens with zero attached hydrogens (tertiary/aromatic N) is 3. The third-order valence-corrected chi connectivity index (χ3v) is 6.46. The smallest absolute Gasteiger partial charge is 0.264 e. The number of methoxy groups -OCH3 is 1. The second kappa shape index (κ2) is 9.85. The monoisotopic (exact) mass is 510 g/mol. The highest BCUT2D eigenvalue weighted by atomic mass is 16.5. The Morgan fingerprint density at radius 2 is 1.92 bits per heavy atom. The second-order valence-corrected chi connectivity index (χ2v) is 9.04. The molecule has 3 aromatic heterocycles. The number of carbonyl (C=O) groups excluding carboxylic acids is 1. The highest BCUT2D eigenvalue weighted by Crippen LogP contribution is 2.37. The van der Waals surface area contributed by atoms with Crippen LogP contribution in [0.4, 0.5) is 5.69 Å². The topological polar surface area (TPSA) is 119 Å². The number of anilines is 1. The first-order chi connectivity index (χ1) is 18.3. The predicted molar refractivity (Wildman–Crippen MR) is 144 cm³/mol. The number of aromatic hydroxyl groups is 1. The summed E-state index contributed by atoms with van der Waals surface area (Å²) in [4.78, 5) is 31.5. The van der Waals surface area contributed by atoms with Crippen molar-refractivity contribution in [1.29, 1.82) is 0 Å². The van der Waals surface area contributed by atoms with Crippen LogP contribution in [0.15, 0.2) is 70.1 Å². The quantitative estimate of drug-likeness (QED) is 0.309. The van der Waals surface area contributed by atoms with E-state index in [-0.39, 0.29) is 17.9 Å². The lowest BCUT2D eigenvalue weighted by molar-refractivity contribution is 0.102. The molecule has 0 spiro atoms. The van der Waals surface area contributed by atoms with Crippen molar-refractivity contribution in [3.63, 3.8) is 0 Å². The van der Waals surface area contributed by atoms with Crippen LogP contribution in [-0.4, -0.2) is 32.8 Å². The van der Waals surface area contributed by atoms with Gasteiger partial charge in [-0.05, 0) is 68.8 Å². The Kier molecular flexibility index (Phi) is 6.42. The van der Waals surface area contributed by atoms with Gasteiger partial charge in [0, 0.05) is 28.9 Å². The molecule has 0 unspecified atom stereocenters. The lowest BCUT2D eigenvalue weighted by Gasteiger charge is -2.16. The van der Waals surface area contributed by atoms with E-state index in [1.807, 2.05) is 32.0 Å². The minimum absolute atomic E-state index is 0.0333. The molecule has 0 aliphatic heterocycles. The maximum Gasteiger partial charge on any atom is 0.264 e. The van der Waals surface area contributed by atoms with E-state index in [0.717, 1.165) is 11.1 Å². The normalized spacial score (nSPS) is 11.1. The zero-order valence-corrected chi connectivity index (χ0v) is 21.4. The molecule has 3 heterocycles. The number of aromatic nitrogens is 3. The maximum atomic E-state index is 13.7. The largest absolute Gasteiger partial charge is 0.508 e. The van der Waals surface area contributed by atoms with E-state index in [1.165, 1.54) is 10.6 Å². The van der Waals surface area contributed by atoms with Crippen LogP contribution in [0.3, 0.4) is 0 Å². The van der Waals surface area contributed by atoms with Gasteiger partial charge in [-0.25, -0.2) is 0 Å². The van der Waals surface area contributed by atoms with Crippen molar-refractivity contribution in [3.05, 3.63) is 99.4 Å². The first kappa shape index (κ1) is 24.8. The molecule has 9 heteroatoms. The average molecular weight is 511 g/mol. The minimum Gasteiger partial charge on any atom is -0.508 e. The van der Waals surface area contributed by atoms with Crippen LogP contribution in [-0.2, 0) is 6.54 Å². The Balaban J connectivity index is 1.72. The molecule has 0 saturated heterocycles. The van der Waals surface area contributed by atoms with E-state index in [0.29, 0.717) is 45.1 Å². The van der Waals surface area contributed by atoms with E-state index in [9.17, 15) is 14.7 Å². The van der Waals surface area contributed by atoms with Crippen LogP contribution in [0.1, 0.15) is 33.1 Å². The van der Waals surface area contributed by atoms with Gasteiger partial charge in [0.1, 0.15) is 22.8 Å². The molecule has 2 N–H and O–H groups in total. The average Bonchev–Trinajstić information content (AvgIpc) is 3.24. The number of hydrogen-bond acceptors (Lipinski definition) is 7. The van der Waals surface area contributed by atoms with Gasteiger partial charge in [0.25, 0.3) is 11.5 Å². The molecule has 0 aliphatic rings. The summed E-state index contributed by atoms with van der Waals surface area (Å²) in [7, 11) is 1.56. The van der Waals surface area contributed by atoms with Gasteiger partial charge >= 0.3 is 0 Å². The number of benzene rings is 2. The number of phenols is 1. The summed E-state index contributed by atoms with van der Waals surface area (Å²) in [5.41, 5.74) is 4.04. The Morgan fingerprint density at radius 3 is 2.58 bits per heavy atom. The molecule has 5 aromatic rings. The summed E-state index contributed by atoms with van der Waals surface area (Å²) < 4.78 is 12.6. The number of nitrogens with one attached hydrogen (secondary N) is 1. The molecule has 0 saturated carbocycles.